The van der Waals surface area contributed by atoms with E-state index in [2.05, 4.69) is 36.7 Å². The molecule has 0 radical (unpaired) electrons. The molecule has 0 bridgehead atoms. The number of methoxy groups -OCH3 is 1. The van der Waals surface area contributed by atoms with Crippen molar-refractivity contribution in [1.29, 1.82) is 0 Å². The van der Waals surface area contributed by atoms with Gasteiger partial charge >= 0.3 is 0 Å². The number of halogens is 1. The van der Waals surface area contributed by atoms with Gasteiger partial charge in [0.1, 0.15) is 0 Å². The number of hydrogen-bond acceptors (Lipinski definition) is 1. The Balaban J connectivity index is 2.50. The van der Waals surface area contributed by atoms with E-state index >= 15 is 0 Å². The van der Waals surface area contributed by atoms with Crippen molar-refractivity contribution < 1.29 is 4.74 Å². The van der Waals surface area contributed by atoms with Crippen LogP contribution in [0.5, 0.6) is 0 Å². The molecule has 0 heterocycles. The van der Waals surface area contributed by atoms with E-state index < -0.39 is 0 Å². The van der Waals surface area contributed by atoms with Gasteiger partial charge in [-0.3, -0.25) is 0 Å². The second kappa shape index (κ2) is 5.86. The molecule has 1 fully saturated rings. The molecule has 96 valence electrons. The number of ether oxygens (including phenoxy) is 1. The number of alkyl halides is 1. The quantitative estimate of drug-likeness (QED) is 0.686. The van der Waals surface area contributed by atoms with Crippen molar-refractivity contribution >= 4 is 15.9 Å². The standard InChI is InChI=1S/C14H27BrO/c1-13(2,3)12-5-7-14(11-15,8-6-12)9-10-16-4/h12H,5-11H2,1-4H3. The van der Waals surface area contributed by atoms with Gasteiger partial charge in [0.05, 0.1) is 0 Å². The maximum Gasteiger partial charge on any atom is 0.0467 e. The third kappa shape index (κ3) is 3.73. The van der Waals surface area contributed by atoms with Gasteiger partial charge in [-0.05, 0) is 48.9 Å². The number of hydrogen-bond donors (Lipinski definition) is 0. The van der Waals surface area contributed by atoms with Gasteiger partial charge in [0.2, 0.25) is 0 Å². The Morgan fingerprint density at radius 1 is 1.25 bits per heavy atom. The maximum atomic E-state index is 5.24. The van der Waals surface area contributed by atoms with Crippen LogP contribution in [0.15, 0.2) is 0 Å². The lowest BCUT2D eigenvalue weighted by molar-refractivity contribution is 0.0713. The van der Waals surface area contributed by atoms with Crippen LogP contribution in [0.2, 0.25) is 0 Å². The van der Waals surface area contributed by atoms with Gasteiger partial charge in [0.15, 0.2) is 0 Å². The molecule has 1 aliphatic carbocycles. The minimum atomic E-state index is 0.486. The summed E-state index contributed by atoms with van der Waals surface area (Å²) in [6.45, 7) is 8.06. The summed E-state index contributed by atoms with van der Waals surface area (Å²) in [4.78, 5) is 0. The summed E-state index contributed by atoms with van der Waals surface area (Å²) in [5, 5.41) is 1.14. The first kappa shape index (κ1) is 14.5. The van der Waals surface area contributed by atoms with Gasteiger partial charge in [-0.1, -0.05) is 36.7 Å². The highest BCUT2D eigenvalue weighted by molar-refractivity contribution is 9.09. The summed E-state index contributed by atoms with van der Waals surface area (Å²) in [7, 11) is 1.81. The molecule has 0 aromatic rings. The minimum absolute atomic E-state index is 0.486. The Bertz CT molecular complexity index is 199. The molecular formula is C14H27BrO. The highest BCUT2D eigenvalue weighted by atomic mass is 79.9. The molecule has 2 heteroatoms. The molecule has 0 N–H and O–H groups in total. The molecular weight excluding hydrogens is 264 g/mol. The molecule has 1 saturated carbocycles. The fourth-order valence-electron chi connectivity index (χ4n) is 2.87. The first-order chi connectivity index (χ1) is 7.43. The fourth-order valence-corrected chi connectivity index (χ4v) is 3.71. The van der Waals surface area contributed by atoms with E-state index in [4.69, 9.17) is 4.74 Å². The lowest BCUT2D eigenvalue weighted by Gasteiger charge is -2.43. The van der Waals surface area contributed by atoms with Crippen molar-refractivity contribution in [2.45, 2.75) is 52.9 Å². The molecule has 0 atom stereocenters. The van der Waals surface area contributed by atoms with E-state index in [1.54, 1.807) is 0 Å². The summed E-state index contributed by atoms with van der Waals surface area (Å²) in [6.07, 6.45) is 6.72. The van der Waals surface area contributed by atoms with E-state index in [0.717, 1.165) is 17.9 Å². The average molecular weight is 291 g/mol. The fraction of sp³-hybridized carbons (Fsp3) is 1.00. The van der Waals surface area contributed by atoms with Gasteiger partial charge in [0, 0.05) is 19.0 Å². The molecule has 0 unspecified atom stereocenters. The van der Waals surface area contributed by atoms with E-state index in [0.29, 0.717) is 10.8 Å². The van der Waals surface area contributed by atoms with Crippen LogP contribution in [-0.2, 0) is 4.74 Å². The van der Waals surface area contributed by atoms with Crippen LogP contribution in [0.25, 0.3) is 0 Å². The summed E-state index contributed by atoms with van der Waals surface area (Å²) >= 11 is 3.71. The SMILES string of the molecule is COCCC1(CBr)CCC(C(C)(C)C)CC1. The van der Waals surface area contributed by atoms with E-state index in [1.165, 1.54) is 32.1 Å². The molecule has 1 aliphatic rings. The molecule has 0 amide bonds. The maximum absolute atomic E-state index is 5.24. The van der Waals surface area contributed by atoms with E-state index in [1.807, 2.05) is 7.11 Å². The third-order valence-electron chi connectivity index (χ3n) is 4.39. The molecule has 16 heavy (non-hydrogen) atoms. The zero-order valence-electron chi connectivity index (χ0n) is 11.3. The second-order valence-corrected chi connectivity index (χ2v) is 7.08. The van der Waals surface area contributed by atoms with Crippen LogP contribution >= 0.6 is 15.9 Å². The van der Waals surface area contributed by atoms with Crippen molar-refractivity contribution in [2.24, 2.45) is 16.7 Å². The smallest absolute Gasteiger partial charge is 0.0467 e. The highest BCUT2D eigenvalue weighted by Crippen LogP contribution is 2.47. The predicted molar refractivity (Wildman–Crippen MR) is 74.1 cm³/mol. The first-order valence-corrected chi connectivity index (χ1v) is 7.61. The minimum Gasteiger partial charge on any atom is -0.385 e. The zero-order valence-corrected chi connectivity index (χ0v) is 12.9. The van der Waals surface area contributed by atoms with Crippen molar-refractivity contribution in [3.8, 4) is 0 Å². The largest absolute Gasteiger partial charge is 0.385 e. The monoisotopic (exact) mass is 290 g/mol. The second-order valence-electron chi connectivity index (χ2n) is 6.52. The van der Waals surface area contributed by atoms with Gasteiger partial charge in [-0.15, -0.1) is 0 Å². The van der Waals surface area contributed by atoms with Gasteiger partial charge in [0.25, 0.3) is 0 Å². The lowest BCUT2D eigenvalue weighted by Crippen LogP contribution is -2.34. The highest BCUT2D eigenvalue weighted by Gasteiger charge is 2.37. The Morgan fingerprint density at radius 2 is 1.81 bits per heavy atom. The van der Waals surface area contributed by atoms with Crippen LogP contribution in [0, 0.1) is 16.7 Å². The Morgan fingerprint density at radius 3 is 2.19 bits per heavy atom. The molecule has 0 aromatic heterocycles. The molecule has 0 aliphatic heterocycles. The predicted octanol–water partition coefficient (Wildman–Crippen LogP) is 4.64. The van der Waals surface area contributed by atoms with E-state index in [9.17, 15) is 0 Å². The molecule has 1 nitrogen and oxygen atoms in total. The van der Waals surface area contributed by atoms with Crippen molar-refractivity contribution in [2.75, 3.05) is 19.0 Å². The van der Waals surface area contributed by atoms with Crippen molar-refractivity contribution in [3.05, 3.63) is 0 Å². The summed E-state index contributed by atoms with van der Waals surface area (Å²) in [5.74, 6) is 0.905. The Hall–Kier alpha value is 0.440. The molecule has 0 spiro atoms. The first-order valence-electron chi connectivity index (χ1n) is 6.48. The summed E-state index contributed by atoms with van der Waals surface area (Å²) < 4.78 is 5.24. The van der Waals surface area contributed by atoms with Crippen LogP contribution in [0.3, 0.4) is 0 Å². The lowest BCUT2D eigenvalue weighted by atomic mass is 9.64. The van der Waals surface area contributed by atoms with Crippen LogP contribution in [-0.4, -0.2) is 19.0 Å². The van der Waals surface area contributed by atoms with Gasteiger partial charge in [-0.2, -0.15) is 0 Å². The topological polar surface area (TPSA) is 9.23 Å². The van der Waals surface area contributed by atoms with Gasteiger partial charge in [-0.25, -0.2) is 0 Å². The number of rotatable bonds is 4. The Labute approximate surface area is 109 Å². The van der Waals surface area contributed by atoms with Crippen LogP contribution < -0.4 is 0 Å². The molecule has 0 saturated heterocycles. The van der Waals surface area contributed by atoms with Crippen molar-refractivity contribution in [3.63, 3.8) is 0 Å². The summed E-state index contributed by atoms with van der Waals surface area (Å²) in [6, 6.07) is 0. The molecule has 0 aromatic carbocycles. The zero-order chi connectivity index (χ0) is 12.2. The normalized spacial score (nSPS) is 31.7. The van der Waals surface area contributed by atoms with Crippen LogP contribution in [0.1, 0.15) is 52.9 Å². The average Bonchev–Trinajstić information content (AvgIpc) is 2.26. The van der Waals surface area contributed by atoms with Crippen molar-refractivity contribution in [1.82, 2.24) is 0 Å². The molecule has 1 rings (SSSR count). The Kier molecular flexibility index (Phi) is 5.31. The van der Waals surface area contributed by atoms with Gasteiger partial charge < -0.3 is 4.74 Å². The van der Waals surface area contributed by atoms with Crippen LogP contribution in [0.4, 0.5) is 0 Å². The summed E-state index contributed by atoms with van der Waals surface area (Å²) in [5.41, 5.74) is 0.998. The van der Waals surface area contributed by atoms with E-state index in [-0.39, 0.29) is 0 Å². The third-order valence-corrected chi connectivity index (χ3v) is 5.58.